The van der Waals surface area contributed by atoms with Crippen LogP contribution in [0.15, 0.2) is 0 Å². The van der Waals surface area contributed by atoms with Gasteiger partial charge in [0.1, 0.15) is 0 Å². The standard InChI is InChI=1S/C33H18F51OP/c34-10(35,13(40,41)16(46,47)19(52,53)22(58,59)25(64,65)28(70,71)31(76,77)78)4-1-7-86(85,8-2-5-11(36,37)14(42,43)17(48,49)20(54,55)23(60,61)26(66,67)29(72,73)32(79,80)81)9-3-6-12(38,39)15(44,45)18(50,51)21(56,57)24(62,63)27(68,69)30(74,75)33(82,83)84/h1-9H2. The van der Waals surface area contributed by atoms with Crippen LogP contribution in [0.4, 0.5) is 224 Å². The van der Waals surface area contributed by atoms with Crippen LogP contribution in [-0.4, -0.2) is 161 Å². The second-order valence-corrected chi connectivity index (χ2v) is 20.9. The van der Waals surface area contributed by atoms with Crippen molar-refractivity contribution in [3.8, 4) is 0 Å². The highest BCUT2D eigenvalue weighted by Crippen LogP contribution is 2.69. The average molecular weight is 1430 g/mol. The minimum absolute atomic E-state index is 2.98. The Kier molecular flexibility index (Phi) is 21.1. The molecule has 0 N–H and O–H groups in total. The number of hydrogen-bond donors (Lipinski definition) is 0. The summed E-state index contributed by atoms with van der Waals surface area (Å²) in [6.45, 7) is 0. The molecule has 53 heteroatoms. The first-order valence-electron chi connectivity index (χ1n) is 20.1. The molecule has 0 aromatic rings. The molecule has 0 amide bonds. The summed E-state index contributed by atoms with van der Waals surface area (Å²) in [4.78, 5) is 0. The largest absolute Gasteiger partial charge is 0.460 e. The monoisotopic (exact) mass is 1430 g/mol. The van der Waals surface area contributed by atoms with E-state index in [0.717, 1.165) is 0 Å². The van der Waals surface area contributed by atoms with Crippen LogP contribution in [0.25, 0.3) is 0 Å². The molecule has 0 unspecified atom stereocenters. The maximum Gasteiger partial charge on any atom is 0.460 e. The van der Waals surface area contributed by atoms with E-state index in [0.29, 0.717) is 0 Å². The normalized spacial score (nSPS) is 17.0. The summed E-state index contributed by atoms with van der Waals surface area (Å²) in [6.07, 6.45) is -55.3. The highest BCUT2D eigenvalue weighted by Gasteiger charge is 2.98. The molecule has 1 nitrogen and oxygen atoms in total. The van der Waals surface area contributed by atoms with Crippen molar-refractivity contribution in [1.82, 2.24) is 0 Å². The first kappa shape index (κ1) is 82.7. The Labute approximate surface area is 436 Å². The molecule has 0 aromatic heterocycles. The highest BCUT2D eigenvalue weighted by atomic mass is 31.2. The fourth-order valence-electron chi connectivity index (χ4n) is 6.16. The summed E-state index contributed by atoms with van der Waals surface area (Å²) >= 11 is 0. The molecule has 0 aliphatic rings. The lowest BCUT2D eigenvalue weighted by molar-refractivity contribution is -0.461. The third kappa shape index (κ3) is 11.6. The molecule has 518 valence electrons. The molecule has 0 heterocycles. The van der Waals surface area contributed by atoms with E-state index in [2.05, 4.69) is 0 Å². The van der Waals surface area contributed by atoms with Crippen LogP contribution in [0.2, 0.25) is 0 Å². The van der Waals surface area contributed by atoms with Crippen molar-refractivity contribution in [2.24, 2.45) is 0 Å². The van der Waals surface area contributed by atoms with Gasteiger partial charge in [-0.1, -0.05) is 0 Å². The Morgan fingerprint density at radius 3 is 0.384 bits per heavy atom. The molecule has 0 rings (SSSR count). The van der Waals surface area contributed by atoms with E-state index in [4.69, 9.17) is 0 Å². The van der Waals surface area contributed by atoms with Gasteiger partial charge in [0, 0.05) is 37.7 Å². The van der Waals surface area contributed by atoms with Crippen molar-refractivity contribution < 1.29 is 228 Å². The van der Waals surface area contributed by atoms with Gasteiger partial charge in [-0.05, 0) is 19.3 Å². The molecule has 0 atom stereocenters. The molecule has 0 aromatic carbocycles. The zero-order valence-electron chi connectivity index (χ0n) is 38.5. The molecule has 0 saturated heterocycles. The predicted molar refractivity (Wildman–Crippen MR) is 172 cm³/mol. The van der Waals surface area contributed by atoms with Gasteiger partial charge < -0.3 is 4.57 Å². The van der Waals surface area contributed by atoms with Gasteiger partial charge >= 0.3 is 143 Å². The van der Waals surface area contributed by atoms with Crippen LogP contribution >= 0.6 is 7.14 Å². The lowest BCUT2D eigenvalue weighted by Gasteiger charge is -2.43. The summed E-state index contributed by atoms with van der Waals surface area (Å²) in [5.74, 6) is -188. The number of alkyl halides is 51. The van der Waals surface area contributed by atoms with Crippen LogP contribution in [0.1, 0.15) is 38.5 Å². The lowest BCUT2D eigenvalue weighted by atomic mass is 9.88. The molecule has 0 saturated carbocycles. The fraction of sp³-hybridized carbons (Fsp3) is 1.00. The number of halogens is 51. The average Bonchev–Trinajstić information content (AvgIpc) is 3.26. The first-order valence-corrected chi connectivity index (χ1v) is 22.3. The zero-order chi connectivity index (χ0) is 70.9. The molecule has 0 bridgehead atoms. The van der Waals surface area contributed by atoms with E-state index in [1.807, 2.05) is 0 Å². The Bertz CT molecular complexity index is 2120. The zero-order valence-corrected chi connectivity index (χ0v) is 39.4. The molecular formula is C33H18F51OP. The Morgan fingerprint density at radius 2 is 0.267 bits per heavy atom. The summed E-state index contributed by atoms with van der Waals surface area (Å²) in [6, 6.07) is 0. The van der Waals surface area contributed by atoms with E-state index in [1.165, 1.54) is 0 Å². The van der Waals surface area contributed by atoms with Crippen molar-refractivity contribution in [2.45, 2.75) is 181 Å². The molecule has 0 aliphatic heterocycles. The third-order valence-electron chi connectivity index (χ3n) is 11.5. The van der Waals surface area contributed by atoms with Crippen molar-refractivity contribution >= 4 is 7.14 Å². The SMILES string of the molecule is O=P(CCCC(F)(F)C(F)(F)C(F)(F)C(F)(F)C(F)(F)C(F)(F)C(F)(F)C(F)(F)F)(CCCC(F)(F)C(F)(F)C(F)(F)C(F)(F)C(F)(F)C(F)(F)C(F)(F)C(F)(F)F)CCCC(F)(F)C(F)(F)C(F)(F)C(F)(F)C(F)(F)C(F)(F)C(F)(F)C(F)(F)F. The van der Waals surface area contributed by atoms with Gasteiger partial charge in [0.05, 0.1) is 7.14 Å². The molecule has 0 radical (unpaired) electrons. The summed E-state index contributed by atoms with van der Waals surface area (Å²) in [5, 5.41) is 0. The van der Waals surface area contributed by atoms with Crippen LogP contribution in [0.3, 0.4) is 0 Å². The molecule has 86 heavy (non-hydrogen) atoms. The van der Waals surface area contributed by atoms with Crippen molar-refractivity contribution in [3.05, 3.63) is 0 Å². The Hall–Kier alpha value is -3.34. The van der Waals surface area contributed by atoms with Crippen LogP contribution < -0.4 is 0 Å². The smallest absolute Gasteiger partial charge is 0.324 e. The van der Waals surface area contributed by atoms with Crippen LogP contribution in [0.5, 0.6) is 0 Å². The highest BCUT2D eigenvalue weighted by molar-refractivity contribution is 7.63. The molecule has 0 aliphatic carbocycles. The summed E-state index contributed by atoms with van der Waals surface area (Å²) in [5.41, 5.74) is 0. The maximum absolute atomic E-state index is 14.5. The van der Waals surface area contributed by atoms with Gasteiger partial charge in [0.15, 0.2) is 0 Å². The van der Waals surface area contributed by atoms with E-state index in [9.17, 15) is 228 Å². The minimum Gasteiger partial charge on any atom is -0.324 e. The van der Waals surface area contributed by atoms with E-state index >= 15 is 0 Å². The quantitative estimate of drug-likeness (QED) is 0.0517. The van der Waals surface area contributed by atoms with Gasteiger partial charge in [0.2, 0.25) is 0 Å². The fourth-order valence-corrected chi connectivity index (χ4v) is 9.04. The Morgan fingerprint density at radius 1 is 0.163 bits per heavy atom. The number of rotatable bonds is 30. The van der Waals surface area contributed by atoms with Gasteiger partial charge in [-0.25, -0.2) is 0 Å². The predicted octanol–water partition coefficient (Wildman–Crippen LogP) is 19.7. The third-order valence-corrected chi connectivity index (χ3v) is 14.9. The maximum atomic E-state index is 14.5. The van der Waals surface area contributed by atoms with Crippen molar-refractivity contribution in [1.29, 1.82) is 0 Å². The van der Waals surface area contributed by atoms with Gasteiger partial charge in [-0.15, -0.1) is 0 Å². The summed E-state index contributed by atoms with van der Waals surface area (Å²) < 4.78 is 709. The van der Waals surface area contributed by atoms with Crippen molar-refractivity contribution in [2.75, 3.05) is 18.5 Å². The molecular weight excluding hydrogens is 1410 g/mol. The van der Waals surface area contributed by atoms with Crippen molar-refractivity contribution in [3.63, 3.8) is 0 Å². The van der Waals surface area contributed by atoms with Gasteiger partial charge in [0.25, 0.3) is 0 Å². The van der Waals surface area contributed by atoms with Gasteiger partial charge in [-0.2, -0.15) is 224 Å². The van der Waals surface area contributed by atoms with E-state index in [-0.39, 0.29) is 0 Å². The van der Waals surface area contributed by atoms with E-state index < -0.39 is 207 Å². The minimum atomic E-state index is -9.43. The lowest BCUT2D eigenvalue weighted by Crippen LogP contribution is -2.74. The van der Waals surface area contributed by atoms with E-state index in [1.54, 1.807) is 0 Å². The topological polar surface area (TPSA) is 17.1 Å². The second kappa shape index (κ2) is 21.9. The van der Waals surface area contributed by atoms with Gasteiger partial charge in [-0.3, -0.25) is 0 Å². The molecule has 0 spiro atoms. The second-order valence-electron chi connectivity index (χ2n) is 17.5. The summed E-state index contributed by atoms with van der Waals surface area (Å²) in [7, 11) is -6.57. The van der Waals surface area contributed by atoms with Crippen LogP contribution in [-0.2, 0) is 4.57 Å². The Balaban J connectivity index is 7.81. The number of hydrogen-bond acceptors (Lipinski definition) is 1. The first-order chi connectivity index (χ1) is 36.4. The molecule has 0 fully saturated rings. The van der Waals surface area contributed by atoms with Crippen LogP contribution in [0, 0.1) is 0 Å².